The van der Waals surface area contributed by atoms with Crippen molar-refractivity contribution in [3.63, 3.8) is 0 Å². The van der Waals surface area contributed by atoms with Crippen molar-refractivity contribution in [1.82, 2.24) is 15.0 Å². The number of hydrogen-bond acceptors (Lipinski definition) is 6. The molecule has 0 radical (unpaired) electrons. The fourth-order valence-electron chi connectivity index (χ4n) is 3.48. The standard InChI is InChI=1S/C23H25FN4O3S/c1-2-30-18-9-7-17(8-10-18)25-23(29)22-21(15-32-20-11-5-16(24)6-12-20)26-27-28(22)14-19-4-3-13-31-19/h5-12,19H,2-4,13-15H2,1H3,(H,25,29). The lowest BCUT2D eigenvalue weighted by Gasteiger charge is -2.13. The van der Waals surface area contributed by atoms with E-state index in [9.17, 15) is 9.18 Å². The predicted octanol–water partition coefficient (Wildman–Crippen LogP) is 4.54. The van der Waals surface area contributed by atoms with E-state index in [-0.39, 0.29) is 17.8 Å². The summed E-state index contributed by atoms with van der Waals surface area (Å²) in [6.07, 6.45) is 1.95. The van der Waals surface area contributed by atoms with Crippen LogP contribution in [0.3, 0.4) is 0 Å². The van der Waals surface area contributed by atoms with Gasteiger partial charge in [0.2, 0.25) is 0 Å². The molecule has 0 bridgehead atoms. The molecule has 168 valence electrons. The lowest BCUT2D eigenvalue weighted by molar-refractivity contribution is 0.0899. The molecule has 2 heterocycles. The number of aromatic nitrogens is 3. The van der Waals surface area contributed by atoms with Gasteiger partial charge < -0.3 is 14.8 Å². The second-order valence-corrected chi connectivity index (χ2v) is 8.40. The number of ether oxygens (including phenoxy) is 2. The Morgan fingerprint density at radius 3 is 2.72 bits per heavy atom. The number of carbonyl (C=O) groups excluding carboxylic acids is 1. The summed E-state index contributed by atoms with van der Waals surface area (Å²) in [5, 5.41) is 11.4. The summed E-state index contributed by atoms with van der Waals surface area (Å²) in [6.45, 7) is 3.69. The fraction of sp³-hybridized carbons (Fsp3) is 0.348. The minimum atomic E-state index is -0.285. The van der Waals surface area contributed by atoms with Gasteiger partial charge in [0.1, 0.15) is 17.3 Å². The molecule has 9 heteroatoms. The molecule has 3 aromatic rings. The molecule has 0 aliphatic carbocycles. The minimum Gasteiger partial charge on any atom is -0.494 e. The fourth-order valence-corrected chi connectivity index (χ4v) is 4.30. The molecule has 1 N–H and O–H groups in total. The van der Waals surface area contributed by atoms with Gasteiger partial charge in [-0.05, 0) is 68.3 Å². The molecule has 1 unspecified atom stereocenters. The highest BCUT2D eigenvalue weighted by molar-refractivity contribution is 7.98. The first-order valence-corrected chi connectivity index (χ1v) is 11.6. The van der Waals surface area contributed by atoms with E-state index in [2.05, 4.69) is 15.6 Å². The Morgan fingerprint density at radius 1 is 1.25 bits per heavy atom. The van der Waals surface area contributed by atoms with Crippen LogP contribution >= 0.6 is 11.8 Å². The van der Waals surface area contributed by atoms with E-state index in [1.165, 1.54) is 23.9 Å². The highest BCUT2D eigenvalue weighted by Gasteiger charge is 2.24. The first kappa shape index (κ1) is 22.3. The highest BCUT2D eigenvalue weighted by Crippen LogP contribution is 2.25. The van der Waals surface area contributed by atoms with Gasteiger partial charge in [-0.15, -0.1) is 16.9 Å². The number of halogens is 1. The molecule has 1 aliphatic rings. The van der Waals surface area contributed by atoms with Gasteiger partial charge in [0, 0.05) is 22.9 Å². The number of thioether (sulfide) groups is 1. The molecule has 2 aromatic carbocycles. The van der Waals surface area contributed by atoms with E-state index >= 15 is 0 Å². The van der Waals surface area contributed by atoms with Gasteiger partial charge >= 0.3 is 0 Å². The third-order valence-electron chi connectivity index (χ3n) is 5.03. The molecule has 1 aliphatic heterocycles. The third kappa shape index (κ3) is 5.66. The number of nitrogens with one attached hydrogen (secondary N) is 1. The van der Waals surface area contributed by atoms with Crippen molar-refractivity contribution in [2.75, 3.05) is 18.5 Å². The zero-order chi connectivity index (χ0) is 22.3. The normalized spacial score (nSPS) is 15.6. The maximum absolute atomic E-state index is 13.2. The Bertz CT molecular complexity index is 1030. The van der Waals surface area contributed by atoms with Crippen molar-refractivity contribution in [3.05, 3.63) is 65.7 Å². The molecular weight excluding hydrogens is 431 g/mol. The van der Waals surface area contributed by atoms with Gasteiger partial charge in [0.05, 0.1) is 19.3 Å². The quantitative estimate of drug-likeness (QED) is 0.477. The molecule has 32 heavy (non-hydrogen) atoms. The Kier molecular flexibility index (Phi) is 7.39. The van der Waals surface area contributed by atoms with Gasteiger partial charge in [-0.2, -0.15) is 0 Å². The molecule has 0 saturated carbocycles. The summed E-state index contributed by atoms with van der Waals surface area (Å²) in [6, 6.07) is 13.5. The van der Waals surface area contributed by atoms with E-state index < -0.39 is 0 Å². The predicted molar refractivity (Wildman–Crippen MR) is 121 cm³/mol. The Morgan fingerprint density at radius 2 is 2.03 bits per heavy atom. The van der Waals surface area contributed by atoms with Crippen LogP contribution in [0.1, 0.15) is 35.9 Å². The summed E-state index contributed by atoms with van der Waals surface area (Å²) in [4.78, 5) is 14.1. The number of amides is 1. The van der Waals surface area contributed by atoms with Crippen molar-refractivity contribution in [3.8, 4) is 5.75 Å². The third-order valence-corrected chi connectivity index (χ3v) is 6.06. The Balaban J connectivity index is 1.52. The maximum Gasteiger partial charge on any atom is 0.275 e. The average Bonchev–Trinajstić information content (AvgIpc) is 3.45. The molecule has 1 amide bonds. The van der Waals surface area contributed by atoms with Crippen LogP contribution in [0.15, 0.2) is 53.4 Å². The number of benzene rings is 2. The Hall–Kier alpha value is -2.91. The van der Waals surface area contributed by atoms with E-state index in [1.807, 2.05) is 19.1 Å². The molecule has 7 nitrogen and oxygen atoms in total. The number of anilines is 1. The van der Waals surface area contributed by atoms with Crippen LogP contribution in [0, 0.1) is 5.82 Å². The molecule has 1 fully saturated rings. The van der Waals surface area contributed by atoms with Gasteiger partial charge in [-0.3, -0.25) is 4.79 Å². The van der Waals surface area contributed by atoms with Gasteiger partial charge in [0.15, 0.2) is 5.69 Å². The van der Waals surface area contributed by atoms with Crippen LogP contribution in [-0.2, 0) is 17.0 Å². The largest absolute Gasteiger partial charge is 0.494 e. The van der Waals surface area contributed by atoms with Crippen molar-refractivity contribution in [1.29, 1.82) is 0 Å². The second-order valence-electron chi connectivity index (χ2n) is 7.36. The summed E-state index contributed by atoms with van der Waals surface area (Å²) >= 11 is 1.47. The minimum absolute atomic E-state index is 0.0197. The molecule has 1 saturated heterocycles. The van der Waals surface area contributed by atoms with Gasteiger partial charge in [-0.25, -0.2) is 9.07 Å². The number of nitrogens with zero attached hydrogens (tertiary/aromatic N) is 3. The zero-order valence-corrected chi connectivity index (χ0v) is 18.6. The lowest BCUT2D eigenvalue weighted by atomic mass is 10.2. The lowest BCUT2D eigenvalue weighted by Crippen LogP contribution is -2.23. The van der Waals surface area contributed by atoms with Crippen LogP contribution in [0.2, 0.25) is 0 Å². The summed E-state index contributed by atoms with van der Waals surface area (Å²) in [5.41, 5.74) is 1.63. The number of carbonyl (C=O) groups is 1. The second kappa shape index (κ2) is 10.6. The zero-order valence-electron chi connectivity index (χ0n) is 17.8. The summed E-state index contributed by atoms with van der Waals surface area (Å²) < 4.78 is 26.0. The topological polar surface area (TPSA) is 78.3 Å². The van der Waals surface area contributed by atoms with E-state index in [4.69, 9.17) is 9.47 Å². The molecule has 1 aromatic heterocycles. The van der Waals surface area contributed by atoms with Crippen LogP contribution in [0.25, 0.3) is 0 Å². The Labute approximate surface area is 190 Å². The van der Waals surface area contributed by atoms with E-state index in [1.54, 1.807) is 28.9 Å². The van der Waals surface area contributed by atoms with E-state index in [0.717, 1.165) is 30.1 Å². The van der Waals surface area contributed by atoms with Crippen LogP contribution in [0.4, 0.5) is 10.1 Å². The summed E-state index contributed by atoms with van der Waals surface area (Å²) in [5.74, 6) is 0.606. The maximum atomic E-state index is 13.2. The van der Waals surface area contributed by atoms with Crippen LogP contribution in [-0.4, -0.2) is 40.2 Å². The van der Waals surface area contributed by atoms with Crippen molar-refractivity contribution in [2.45, 2.75) is 43.1 Å². The highest BCUT2D eigenvalue weighted by atomic mass is 32.2. The first-order chi connectivity index (χ1) is 15.6. The van der Waals surface area contributed by atoms with Gasteiger partial charge in [0.25, 0.3) is 5.91 Å². The van der Waals surface area contributed by atoms with E-state index in [0.29, 0.717) is 36.0 Å². The van der Waals surface area contributed by atoms with Crippen molar-refractivity contribution < 1.29 is 18.7 Å². The van der Waals surface area contributed by atoms with Crippen molar-refractivity contribution in [2.24, 2.45) is 0 Å². The number of rotatable bonds is 9. The molecule has 4 rings (SSSR count). The van der Waals surface area contributed by atoms with Crippen molar-refractivity contribution >= 4 is 23.4 Å². The van der Waals surface area contributed by atoms with Crippen LogP contribution < -0.4 is 10.1 Å². The van der Waals surface area contributed by atoms with Crippen LogP contribution in [0.5, 0.6) is 5.75 Å². The van der Waals surface area contributed by atoms with Gasteiger partial charge in [-0.1, -0.05) is 5.21 Å². The average molecular weight is 457 g/mol. The molecule has 1 atom stereocenters. The summed E-state index contributed by atoms with van der Waals surface area (Å²) in [7, 11) is 0. The first-order valence-electron chi connectivity index (χ1n) is 10.6. The smallest absolute Gasteiger partial charge is 0.275 e. The molecule has 0 spiro atoms. The molecular formula is C23H25FN4O3S. The SMILES string of the molecule is CCOc1ccc(NC(=O)c2c(CSc3ccc(F)cc3)nnn2CC2CCCO2)cc1. The number of hydrogen-bond donors (Lipinski definition) is 1. The monoisotopic (exact) mass is 456 g/mol.